The molecule has 0 aromatic heterocycles. The fraction of sp³-hybridized carbons (Fsp3) is 0.0690. The molecule has 0 radical (unpaired) electrons. The van der Waals surface area contributed by atoms with Gasteiger partial charge in [-0.3, -0.25) is 15.6 Å². The molecule has 0 aliphatic rings. The number of carbonyl (C=O) groups is 1. The Morgan fingerprint density at radius 2 is 0.812 bits per heavy atom. The molecule has 0 fully saturated rings. The molecule has 3 heteroatoms. The molecule has 0 aliphatic heterocycles. The van der Waals surface area contributed by atoms with Crippen molar-refractivity contribution < 1.29 is 4.79 Å². The first-order valence-electron chi connectivity index (χ1n) is 10.6. The lowest BCUT2D eigenvalue weighted by molar-refractivity contribution is 0.103. The molecule has 0 heterocycles. The SMILES string of the molecule is CNNC.O=C(c1ccccc1)c1ccccc1.c1ccc2c(c1)ccc1ccccc12. The molecule has 0 bridgehead atoms. The average molecular weight is 421 g/mol. The lowest BCUT2D eigenvalue weighted by Crippen LogP contribution is -2.21. The van der Waals surface area contributed by atoms with E-state index in [4.69, 9.17) is 0 Å². The Morgan fingerprint density at radius 1 is 0.469 bits per heavy atom. The third-order valence-corrected chi connectivity index (χ3v) is 4.98. The van der Waals surface area contributed by atoms with E-state index >= 15 is 0 Å². The predicted molar refractivity (Wildman–Crippen MR) is 136 cm³/mol. The molecule has 0 aliphatic carbocycles. The number of rotatable bonds is 3. The predicted octanol–water partition coefficient (Wildman–Crippen LogP) is 6.25. The van der Waals surface area contributed by atoms with E-state index in [0.29, 0.717) is 0 Å². The molecule has 0 unspecified atom stereocenters. The summed E-state index contributed by atoms with van der Waals surface area (Å²) in [5.74, 6) is 0.0752. The molecule has 5 aromatic rings. The normalized spacial score (nSPS) is 9.94. The summed E-state index contributed by atoms with van der Waals surface area (Å²) in [5.41, 5.74) is 6.83. The van der Waals surface area contributed by atoms with Gasteiger partial charge in [-0.15, -0.1) is 0 Å². The Kier molecular flexibility index (Phi) is 8.70. The van der Waals surface area contributed by atoms with Crippen LogP contribution in [-0.4, -0.2) is 19.9 Å². The van der Waals surface area contributed by atoms with Crippen LogP contribution in [0.2, 0.25) is 0 Å². The lowest BCUT2D eigenvalue weighted by atomic mass is 10.0. The van der Waals surface area contributed by atoms with Crippen LogP contribution < -0.4 is 10.9 Å². The van der Waals surface area contributed by atoms with E-state index < -0.39 is 0 Å². The summed E-state index contributed by atoms with van der Waals surface area (Å²) in [4.78, 5) is 11.8. The number of carbonyl (C=O) groups excluding carboxylic acids is 1. The van der Waals surface area contributed by atoms with Gasteiger partial charge in [0, 0.05) is 11.1 Å². The molecule has 5 rings (SSSR count). The van der Waals surface area contributed by atoms with Crippen LogP contribution in [-0.2, 0) is 0 Å². The Hall–Kier alpha value is -3.79. The van der Waals surface area contributed by atoms with Gasteiger partial charge in [-0.05, 0) is 35.6 Å². The molecule has 160 valence electrons. The zero-order valence-corrected chi connectivity index (χ0v) is 18.5. The van der Waals surface area contributed by atoms with Gasteiger partial charge < -0.3 is 0 Å². The van der Waals surface area contributed by atoms with Crippen molar-refractivity contribution in [3.8, 4) is 0 Å². The molecule has 5 aromatic carbocycles. The van der Waals surface area contributed by atoms with E-state index in [1.807, 2.05) is 74.8 Å². The maximum Gasteiger partial charge on any atom is 0.193 e. The number of benzene rings is 5. The Balaban J connectivity index is 0.000000155. The molecule has 3 nitrogen and oxygen atoms in total. The second-order valence-electron chi connectivity index (χ2n) is 7.07. The largest absolute Gasteiger partial charge is 0.289 e. The summed E-state index contributed by atoms with van der Waals surface area (Å²) in [7, 11) is 3.64. The van der Waals surface area contributed by atoms with E-state index in [2.05, 4.69) is 71.5 Å². The molecule has 32 heavy (non-hydrogen) atoms. The highest BCUT2D eigenvalue weighted by Crippen LogP contribution is 2.24. The highest BCUT2D eigenvalue weighted by atomic mass is 16.1. The van der Waals surface area contributed by atoms with Crippen molar-refractivity contribution in [1.82, 2.24) is 10.9 Å². The third-order valence-electron chi connectivity index (χ3n) is 4.98. The smallest absolute Gasteiger partial charge is 0.193 e. The maximum absolute atomic E-state index is 11.8. The Labute approximate surface area is 189 Å². The van der Waals surface area contributed by atoms with E-state index in [1.54, 1.807) is 0 Å². The second kappa shape index (κ2) is 12.2. The van der Waals surface area contributed by atoms with Gasteiger partial charge in [-0.25, -0.2) is 0 Å². The summed E-state index contributed by atoms with van der Waals surface area (Å²) in [6, 6.07) is 40.0. The van der Waals surface area contributed by atoms with Crippen LogP contribution >= 0.6 is 0 Å². The molecule has 0 atom stereocenters. The number of hydrogen-bond acceptors (Lipinski definition) is 3. The topological polar surface area (TPSA) is 41.1 Å². The fourth-order valence-electron chi connectivity index (χ4n) is 3.30. The zero-order valence-electron chi connectivity index (χ0n) is 18.5. The average Bonchev–Trinajstić information content (AvgIpc) is 2.90. The Bertz CT molecular complexity index is 1150. The Morgan fingerprint density at radius 3 is 1.19 bits per heavy atom. The molecule has 2 N–H and O–H groups in total. The summed E-state index contributed by atoms with van der Waals surface area (Å²) < 4.78 is 0. The number of fused-ring (bicyclic) bond motifs is 3. The minimum absolute atomic E-state index is 0.0752. The first kappa shape index (κ1) is 22.9. The minimum atomic E-state index is 0.0752. The van der Waals surface area contributed by atoms with Gasteiger partial charge in [0.2, 0.25) is 0 Å². The van der Waals surface area contributed by atoms with Crippen molar-refractivity contribution in [2.45, 2.75) is 0 Å². The molecular formula is C29H28N2O. The van der Waals surface area contributed by atoms with Crippen molar-refractivity contribution in [3.05, 3.63) is 132 Å². The lowest BCUT2D eigenvalue weighted by Gasteiger charge is -2.02. The van der Waals surface area contributed by atoms with Crippen LogP contribution in [0, 0.1) is 0 Å². The number of nitrogens with one attached hydrogen (secondary N) is 2. The van der Waals surface area contributed by atoms with Crippen LogP contribution in [0.4, 0.5) is 0 Å². The van der Waals surface area contributed by atoms with E-state index in [0.717, 1.165) is 11.1 Å². The van der Waals surface area contributed by atoms with Crippen molar-refractivity contribution in [3.63, 3.8) is 0 Å². The van der Waals surface area contributed by atoms with Gasteiger partial charge >= 0.3 is 0 Å². The first-order chi connectivity index (χ1) is 15.7. The van der Waals surface area contributed by atoms with Crippen LogP contribution in [0.1, 0.15) is 15.9 Å². The van der Waals surface area contributed by atoms with Gasteiger partial charge in [0.25, 0.3) is 0 Å². The molecular weight excluding hydrogens is 392 g/mol. The molecule has 0 amide bonds. The molecule has 0 saturated carbocycles. The van der Waals surface area contributed by atoms with E-state index in [1.165, 1.54) is 21.5 Å². The highest BCUT2D eigenvalue weighted by molar-refractivity contribution is 6.09. The summed E-state index contributed by atoms with van der Waals surface area (Å²) in [6.45, 7) is 0. The summed E-state index contributed by atoms with van der Waals surface area (Å²) in [5, 5.41) is 5.30. The van der Waals surface area contributed by atoms with Gasteiger partial charge in [0.1, 0.15) is 0 Å². The summed E-state index contributed by atoms with van der Waals surface area (Å²) >= 11 is 0. The number of hydrazine groups is 1. The molecule has 0 spiro atoms. The van der Waals surface area contributed by atoms with E-state index in [-0.39, 0.29) is 5.78 Å². The zero-order chi connectivity index (χ0) is 22.6. The minimum Gasteiger partial charge on any atom is -0.289 e. The van der Waals surface area contributed by atoms with Crippen molar-refractivity contribution in [2.24, 2.45) is 0 Å². The van der Waals surface area contributed by atoms with Gasteiger partial charge in [-0.1, -0.05) is 121 Å². The van der Waals surface area contributed by atoms with Crippen LogP contribution in [0.3, 0.4) is 0 Å². The van der Waals surface area contributed by atoms with E-state index in [9.17, 15) is 4.79 Å². The fourth-order valence-corrected chi connectivity index (χ4v) is 3.30. The van der Waals surface area contributed by atoms with Crippen molar-refractivity contribution >= 4 is 27.3 Å². The first-order valence-corrected chi connectivity index (χ1v) is 10.6. The summed E-state index contributed by atoms with van der Waals surface area (Å²) in [6.07, 6.45) is 0. The monoisotopic (exact) mass is 420 g/mol. The highest BCUT2D eigenvalue weighted by Gasteiger charge is 2.06. The standard InChI is InChI=1S/C14H10.C13H10O.C2H8N2/c1-3-7-13-11(5-1)9-10-12-6-2-4-8-14(12)13;14-13(11-7-3-1-4-8-11)12-9-5-2-6-10-12;1-3-4-2/h2*1-10H;3-4H,1-2H3. The van der Waals surface area contributed by atoms with Crippen LogP contribution in [0.5, 0.6) is 0 Å². The maximum atomic E-state index is 11.8. The third kappa shape index (κ3) is 6.11. The number of ketones is 1. The van der Waals surface area contributed by atoms with Gasteiger partial charge in [-0.2, -0.15) is 0 Å². The van der Waals surface area contributed by atoms with Gasteiger partial charge in [0.15, 0.2) is 5.78 Å². The van der Waals surface area contributed by atoms with Crippen molar-refractivity contribution in [1.29, 1.82) is 0 Å². The van der Waals surface area contributed by atoms with Gasteiger partial charge in [0.05, 0.1) is 0 Å². The van der Waals surface area contributed by atoms with Crippen LogP contribution in [0.15, 0.2) is 121 Å². The van der Waals surface area contributed by atoms with Crippen molar-refractivity contribution in [2.75, 3.05) is 14.1 Å². The number of hydrogen-bond donors (Lipinski definition) is 2. The second-order valence-corrected chi connectivity index (χ2v) is 7.07. The quantitative estimate of drug-likeness (QED) is 0.206. The molecule has 0 saturated heterocycles. The van der Waals surface area contributed by atoms with Crippen LogP contribution in [0.25, 0.3) is 21.5 Å².